The Bertz CT molecular complexity index is 736. The molecule has 4 rings (SSSR count). The van der Waals surface area contributed by atoms with E-state index in [4.69, 9.17) is 9.47 Å². The molecule has 0 radical (unpaired) electrons. The molecule has 1 N–H and O–H groups in total. The van der Waals surface area contributed by atoms with Crippen LogP contribution in [0, 0.1) is 37.5 Å². The predicted molar refractivity (Wildman–Crippen MR) is 88.6 cm³/mol. The number of ether oxygens (including phenoxy) is 2. The number of amides is 1. The van der Waals surface area contributed by atoms with Crippen LogP contribution in [0.3, 0.4) is 0 Å². The summed E-state index contributed by atoms with van der Waals surface area (Å²) in [5, 5.41) is 2.74. The Morgan fingerprint density at radius 2 is 1.92 bits per heavy atom. The third-order valence-electron chi connectivity index (χ3n) is 5.61. The number of esters is 2. The van der Waals surface area contributed by atoms with E-state index in [9.17, 15) is 14.4 Å². The molecule has 1 aromatic rings. The van der Waals surface area contributed by atoms with Gasteiger partial charge in [0.25, 0.3) is 5.91 Å². The van der Waals surface area contributed by atoms with Gasteiger partial charge in [-0.1, -0.05) is 6.07 Å². The first-order chi connectivity index (χ1) is 11.9. The van der Waals surface area contributed by atoms with Crippen LogP contribution in [0.1, 0.15) is 24.0 Å². The van der Waals surface area contributed by atoms with E-state index in [2.05, 4.69) is 5.32 Å². The number of carbonyl (C=O) groups excluding carboxylic acids is 3. The summed E-state index contributed by atoms with van der Waals surface area (Å²) in [5.74, 6) is -1.65. The minimum Gasteiger partial charge on any atom is -0.462 e. The van der Waals surface area contributed by atoms with E-state index in [1.54, 1.807) is 0 Å². The van der Waals surface area contributed by atoms with Crippen molar-refractivity contribution in [2.75, 3.05) is 11.9 Å². The molecule has 25 heavy (non-hydrogen) atoms. The highest BCUT2D eigenvalue weighted by atomic mass is 16.6. The fraction of sp³-hybridized carbons (Fsp3) is 0.526. The van der Waals surface area contributed by atoms with Crippen LogP contribution < -0.4 is 5.32 Å². The number of anilines is 1. The number of fused-ring (bicyclic) bond motifs is 1. The zero-order valence-corrected chi connectivity index (χ0v) is 14.3. The molecule has 5 atom stereocenters. The Morgan fingerprint density at radius 1 is 1.20 bits per heavy atom. The van der Waals surface area contributed by atoms with Crippen LogP contribution in [0.2, 0.25) is 0 Å². The third kappa shape index (κ3) is 2.79. The van der Waals surface area contributed by atoms with Crippen molar-refractivity contribution in [1.29, 1.82) is 0 Å². The number of rotatable bonds is 4. The van der Waals surface area contributed by atoms with E-state index < -0.39 is 11.9 Å². The molecule has 0 spiro atoms. The van der Waals surface area contributed by atoms with Gasteiger partial charge < -0.3 is 14.8 Å². The molecule has 6 nitrogen and oxygen atoms in total. The molecular formula is C19H21NO5. The largest absolute Gasteiger partial charge is 0.462 e. The lowest BCUT2D eigenvalue weighted by Crippen LogP contribution is -2.34. The summed E-state index contributed by atoms with van der Waals surface area (Å²) in [6.07, 6.45) is 1.57. The summed E-state index contributed by atoms with van der Waals surface area (Å²) in [6, 6.07) is 5.73. The van der Waals surface area contributed by atoms with Gasteiger partial charge in [-0.2, -0.15) is 0 Å². The molecule has 0 unspecified atom stereocenters. The van der Waals surface area contributed by atoms with Crippen LogP contribution in [-0.2, 0) is 23.9 Å². The van der Waals surface area contributed by atoms with Gasteiger partial charge in [-0.25, -0.2) is 0 Å². The number of nitrogens with one attached hydrogen (secondary N) is 1. The zero-order chi connectivity index (χ0) is 17.7. The van der Waals surface area contributed by atoms with Gasteiger partial charge in [0.1, 0.15) is 6.10 Å². The van der Waals surface area contributed by atoms with Crippen LogP contribution in [-0.4, -0.2) is 30.6 Å². The van der Waals surface area contributed by atoms with Gasteiger partial charge >= 0.3 is 11.9 Å². The van der Waals surface area contributed by atoms with Crippen molar-refractivity contribution in [3.05, 3.63) is 29.3 Å². The van der Waals surface area contributed by atoms with Crippen LogP contribution in [0.15, 0.2) is 18.2 Å². The van der Waals surface area contributed by atoms with Gasteiger partial charge in [-0.05, 0) is 55.9 Å². The van der Waals surface area contributed by atoms with E-state index in [1.165, 1.54) is 0 Å². The van der Waals surface area contributed by atoms with Crippen molar-refractivity contribution in [2.24, 2.45) is 23.7 Å². The van der Waals surface area contributed by atoms with Crippen LogP contribution >= 0.6 is 0 Å². The summed E-state index contributed by atoms with van der Waals surface area (Å²) in [7, 11) is 0. The summed E-state index contributed by atoms with van der Waals surface area (Å²) >= 11 is 0. The molecule has 132 valence electrons. The maximum absolute atomic E-state index is 12.4. The molecule has 3 fully saturated rings. The average Bonchev–Trinajstić information content (AvgIpc) is 3.13. The Hall–Kier alpha value is -2.37. The van der Waals surface area contributed by atoms with Crippen molar-refractivity contribution in [2.45, 2.75) is 32.8 Å². The van der Waals surface area contributed by atoms with Crippen LogP contribution in [0.25, 0.3) is 0 Å². The molecule has 3 aliphatic rings. The first-order valence-electron chi connectivity index (χ1n) is 8.67. The van der Waals surface area contributed by atoms with Gasteiger partial charge in [0.2, 0.25) is 0 Å². The van der Waals surface area contributed by atoms with E-state index >= 15 is 0 Å². The highest BCUT2D eigenvalue weighted by Crippen LogP contribution is 2.57. The second-order valence-corrected chi connectivity index (χ2v) is 7.45. The van der Waals surface area contributed by atoms with E-state index in [0.29, 0.717) is 5.69 Å². The summed E-state index contributed by atoms with van der Waals surface area (Å²) in [4.78, 5) is 36.4. The molecule has 2 aliphatic carbocycles. The Morgan fingerprint density at radius 3 is 2.64 bits per heavy atom. The fourth-order valence-electron chi connectivity index (χ4n) is 4.80. The van der Waals surface area contributed by atoms with Gasteiger partial charge in [-0.3, -0.25) is 14.4 Å². The van der Waals surface area contributed by atoms with Crippen LogP contribution in [0.5, 0.6) is 0 Å². The molecule has 0 aromatic heterocycles. The van der Waals surface area contributed by atoms with Gasteiger partial charge in [0.05, 0.1) is 11.8 Å². The highest BCUT2D eigenvalue weighted by molar-refractivity contribution is 5.93. The number of benzene rings is 1. The second-order valence-electron chi connectivity index (χ2n) is 7.45. The van der Waals surface area contributed by atoms with Crippen LogP contribution in [0.4, 0.5) is 5.69 Å². The van der Waals surface area contributed by atoms with Crippen molar-refractivity contribution >= 4 is 23.5 Å². The predicted octanol–water partition coefficient (Wildman–Crippen LogP) is 1.98. The number of aryl methyl sites for hydroxylation is 2. The minimum atomic E-state index is -0.453. The Kier molecular flexibility index (Phi) is 3.78. The average molecular weight is 343 g/mol. The Balaban J connectivity index is 1.34. The molecule has 2 saturated carbocycles. The molecule has 1 aliphatic heterocycles. The smallest absolute Gasteiger partial charge is 0.310 e. The van der Waals surface area contributed by atoms with Gasteiger partial charge in [-0.15, -0.1) is 0 Å². The van der Waals surface area contributed by atoms with E-state index in [1.807, 2.05) is 32.0 Å². The second kappa shape index (κ2) is 5.86. The van der Waals surface area contributed by atoms with Gasteiger partial charge in [0, 0.05) is 11.6 Å². The Labute approximate surface area is 145 Å². The maximum Gasteiger partial charge on any atom is 0.310 e. The first kappa shape index (κ1) is 16.1. The molecule has 1 amide bonds. The number of hydrogen-bond acceptors (Lipinski definition) is 5. The third-order valence-corrected chi connectivity index (χ3v) is 5.61. The van der Waals surface area contributed by atoms with Gasteiger partial charge in [0.15, 0.2) is 6.61 Å². The topological polar surface area (TPSA) is 81.7 Å². The fourth-order valence-corrected chi connectivity index (χ4v) is 4.80. The minimum absolute atomic E-state index is 0.0144. The summed E-state index contributed by atoms with van der Waals surface area (Å²) in [5.41, 5.74) is 2.77. The zero-order valence-electron chi connectivity index (χ0n) is 14.3. The van der Waals surface area contributed by atoms with Crippen molar-refractivity contribution in [1.82, 2.24) is 0 Å². The molecule has 6 heteroatoms. The molecular weight excluding hydrogens is 322 g/mol. The summed E-state index contributed by atoms with van der Waals surface area (Å²) in [6.45, 7) is 3.56. The summed E-state index contributed by atoms with van der Waals surface area (Å²) < 4.78 is 10.5. The highest BCUT2D eigenvalue weighted by Gasteiger charge is 2.64. The first-order valence-corrected chi connectivity index (χ1v) is 8.67. The van der Waals surface area contributed by atoms with Crippen molar-refractivity contribution in [3.8, 4) is 0 Å². The van der Waals surface area contributed by atoms with E-state index in [-0.39, 0.29) is 42.3 Å². The van der Waals surface area contributed by atoms with Crippen molar-refractivity contribution < 1.29 is 23.9 Å². The SMILES string of the molecule is Cc1cc(C)cc(NC(=O)COC(=O)[C@@H]2[C@H]3C[C@@H]4[C@@H]2C(=O)O[C@@H]4C3)c1. The quantitative estimate of drug-likeness (QED) is 0.846. The number of carbonyl (C=O) groups is 3. The lowest BCUT2D eigenvalue weighted by molar-refractivity contribution is -0.157. The molecule has 1 saturated heterocycles. The lowest BCUT2D eigenvalue weighted by atomic mass is 9.80. The molecule has 1 aromatic carbocycles. The molecule has 1 heterocycles. The lowest BCUT2D eigenvalue weighted by Gasteiger charge is -2.22. The molecule has 2 bridgehead atoms. The standard InChI is InChI=1S/C19H21NO5/c1-9-3-10(2)5-12(4-9)20-15(21)8-24-18(22)16-11-6-13-14(7-11)25-19(23)17(13)16/h3-5,11,13-14,16-17H,6-8H2,1-2H3,(H,20,21)/t11-,13-,14+,16+,17-/m0/s1. The van der Waals surface area contributed by atoms with Crippen molar-refractivity contribution in [3.63, 3.8) is 0 Å². The van der Waals surface area contributed by atoms with E-state index in [0.717, 1.165) is 24.0 Å². The monoisotopic (exact) mass is 343 g/mol. The normalized spacial score (nSPS) is 31.8. The number of hydrogen-bond donors (Lipinski definition) is 1. The maximum atomic E-state index is 12.4.